The molecular formula is C31H37ClN4O9. The van der Waals surface area contributed by atoms with Gasteiger partial charge in [-0.05, 0) is 96.5 Å². The highest BCUT2D eigenvalue weighted by atomic mass is 35.5. The van der Waals surface area contributed by atoms with Crippen LogP contribution in [0.15, 0.2) is 36.4 Å². The Morgan fingerprint density at radius 1 is 0.756 bits per heavy atom. The molecule has 0 fully saturated rings. The van der Waals surface area contributed by atoms with Crippen LogP contribution in [0, 0.1) is 51.1 Å². The van der Waals surface area contributed by atoms with E-state index in [9.17, 15) is 30.3 Å². The molecule has 0 aliphatic heterocycles. The second-order valence-corrected chi connectivity index (χ2v) is 12.3. The minimum absolute atomic E-state index is 0.288. The van der Waals surface area contributed by atoms with Gasteiger partial charge in [-0.25, -0.2) is 0 Å². The quantitative estimate of drug-likeness (QED) is 0.151. The van der Waals surface area contributed by atoms with E-state index in [-0.39, 0.29) is 5.02 Å². The minimum Gasteiger partial charge on any atom is -0.496 e. The number of non-ortho nitro benzene ring substituents is 1. The molecule has 0 aliphatic rings. The van der Waals surface area contributed by atoms with E-state index in [4.69, 9.17) is 25.8 Å². The van der Waals surface area contributed by atoms with Crippen LogP contribution < -0.4 is 14.2 Å². The van der Waals surface area contributed by atoms with Crippen molar-refractivity contribution in [2.24, 2.45) is 0 Å². The van der Waals surface area contributed by atoms with Gasteiger partial charge in [0.2, 0.25) is 0 Å². The lowest BCUT2D eigenvalue weighted by atomic mass is 9.76. The Hall–Kier alpha value is -4.49. The molecule has 0 spiro atoms. The Bertz CT molecular complexity index is 1610. The van der Waals surface area contributed by atoms with Crippen molar-refractivity contribution in [3.05, 3.63) is 99.6 Å². The molecule has 2 unspecified atom stereocenters. The molecule has 0 bridgehead atoms. The molecule has 45 heavy (non-hydrogen) atoms. The number of methoxy groups -OCH3 is 2. The summed E-state index contributed by atoms with van der Waals surface area (Å²) in [6.45, 7) is 13.1. The number of hydrogen-bond donors (Lipinski definition) is 0. The smallest absolute Gasteiger partial charge is 0.325 e. The molecule has 0 amide bonds. The molecule has 0 saturated heterocycles. The molecule has 0 aliphatic carbocycles. The van der Waals surface area contributed by atoms with E-state index in [1.807, 2.05) is 53.5 Å². The summed E-state index contributed by atoms with van der Waals surface area (Å²) in [5, 5.41) is 36.8. The standard InChI is InChI=1S/C31H37ClN4O9/c1-17-11-21(12-18(2)27(17)43-9)31(20(4)33(8)30(5,6)7,24-14-22(32)13-19(3)28(24)44-10)45-29-25(35(39)40)15-23(34(37)38)16-26(29)36(41)42/h11-16,20H,1-10H3. The van der Waals surface area contributed by atoms with Crippen molar-refractivity contribution in [1.82, 2.24) is 4.90 Å². The molecule has 2 atom stereocenters. The van der Waals surface area contributed by atoms with Crippen molar-refractivity contribution in [3.8, 4) is 17.2 Å². The van der Waals surface area contributed by atoms with Gasteiger partial charge in [0.1, 0.15) is 11.5 Å². The van der Waals surface area contributed by atoms with Gasteiger partial charge in [-0.15, -0.1) is 0 Å². The van der Waals surface area contributed by atoms with Crippen LogP contribution in [0.2, 0.25) is 5.02 Å². The van der Waals surface area contributed by atoms with Gasteiger partial charge in [0, 0.05) is 21.7 Å². The first-order chi connectivity index (χ1) is 20.8. The van der Waals surface area contributed by atoms with Crippen LogP contribution in [-0.4, -0.2) is 52.5 Å². The Balaban J connectivity index is 2.72. The maximum Gasteiger partial charge on any atom is 0.325 e. The van der Waals surface area contributed by atoms with Crippen LogP contribution in [0.5, 0.6) is 17.2 Å². The third-order valence-electron chi connectivity index (χ3n) is 8.07. The van der Waals surface area contributed by atoms with Crippen molar-refractivity contribution in [3.63, 3.8) is 0 Å². The maximum absolute atomic E-state index is 12.4. The van der Waals surface area contributed by atoms with Crippen molar-refractivity contribution in [2.75, 3.05) is 21.3 Å². The van der Waals surface area contributed by atoms with Gasteiger partial charge in [0.25, 0.3) is 11.4 Å². The van der Waals surface area contributed by atoms with Gasteiger partial charge in [0.05, 0.1) is 47.2 Å². The van der Waals surface area contributed by atoms with Crippen LogP contribution in [0.3, 0.4) is 0 Å². The van der Waals surface area contributed by atoms with Crippen molar-refractivity contribution in [1.29, 1.82) is 0 Å². The summed E-state index contributed by atoms with van der Waals surface area (Å²) in [6.07, 6.45) is 0. The highest BCUT2D eigenvalue weighted by molar-refractivity contribution is 6.30. The molecule has 14 heteroatoms. The number of rotatable bonds is 11. The number of nitro benzene ring substituents is 3. The van der Waals surface area contributed by atoms with Crippen molar-refractivity contribution >= 4 is 28.7 Å². The summed E-state index contributed by atoms with van der Waals surface area (Å²) < 4.78 is 18.3. The zero-order valence-electron chi connectivity index (χ0n) is 26.9. The highest BCUT2D eigenvalue weighted by Crippen LogP contribution is 2.52. The average molecular weight is 645 g/mol. The van der Waals surface area contributed by atoms with E-state index in [1.165, 1.54) is 14.2 Å². The fourth-order valence-electron chi connectivity index (χ4n) is 5.66. The summed E-state index contributed by atoms with van der Waals surface area (Å²) in [6, 6.07) is 7.37. The second kappa shape index (κ2) is 12.9. The van der Waals surface area contributed by atoms with Gasteiger partial charge in [-0.1, -0.05) is 11.6 Å². The fourth-order valence-corrected chi connectivity index (χ4v) is 5.94. The van der Waals surface area contributed by atoms with E-state index in [0.29, 0.717) is 51.4 Å². The summed E-state index contributed by atoms with van der Waals surface area (Å²) in [5.41, 5.74) is -2.32. The molecule has 242 valence electrons. The molecule has 3 aromatic carbocycles. The van der Waals surface area contributed by atoms with Gasteiger partial charge in [-0.2, -0.15) is 0 Å². The number of hydrogen-bond acceptors (Lipinski definition) is 10. The number of ether oxygens (including phenoxy) is 3. The van der Waals surface area contributed by atoms with Crippen LogP contribution >= 0.6 is 11.6 Å². The van der Waals surface area contributed by atoms with Gasteiger partial charge in [-0.3, -0.25) is 35.2 Å². The summed E-state index contributed by atoms with van der Waals surface area (Å²) in [5.74, 6) is 0.147. The maximum atomic E-state index is 12.4. The molecule has 13 nitrogen and oxygen atoms in total. The predicted molar refractivity (Wildman–Crippen MR) is 170 cm³/mol. The van der Waals surface area contributed by atoms with Crippen molar-refractivity contribution < 1.29 is 29.0 Å². The van der Waals surface area contributed by atoms with Crippen LogP contribution in [0.1, 0.15) is 55.5 Å². The summed E-state index contributed by atoms with van der Waals surface area (Å²) in [7, 11) is 4.81. The largest absolute Gasteiger partial charge is 0.496 e. The minimum atomic E-state index is -1.81. The third-order valence-corrected chi connectivity index (χ3v) is 8.28. The molecule has 3 rings (SSSR count). The number of halogens is 1. The zero-order valence-corrected chi connectivity index (χ0v) is 27.6. The molecule has 0 heterocycles. The third kappa shape index (κ3) is 6.50. The van der Waals surface area contributed by atoms with Crippen molar-refractivity contribution in [2.45, 2.75) is 65.6 Å². The molecule has 3 aromatic rings. The lowest BCUT2D eigenvalue weighted by Gasteiger charge is -2.48. The zero-order chi connectivity index (χ0) is 34.2. The van der Waals surface area contributed by atoms with Crippen LogP contribution in [0.25, 0.3) is 0 Å². The van der Waals surface area contributed by atoms with Crippen LogP contribution in [0.4, 0.5) is 17.1 Å². The van der Waals surface area contributed by atoms with Gasteiger partial charge in [0.15, 0.2) is 5.60 Å². The first kappa shape index (κ1) is 35.0. The average Bonchev–Trinajstić information content (AvgIpc) is 2.93. The number of nitro groups is 3. The molecule has 0 radical (unpaired) electrons. The highest BCUT2D eigenvalue weighted by Gasteiger charge is 2.51. The van der Waals surface area contributed by atoms with E-state index in [1.54, 1.807) is 31.2 Å². The fraction of sp³-hybridized carbons (Fsp3) is 0.419. The first-order valence-corrected chi connectivity index (χ1v) is 14.2. The molecule has 0 N–H and O–H groups in total. The number of aryl methyl sites for hydroxylation is 3. The van der Waals surface area contributed by atoms with E-state index < -0.39 is 54.8 Å². The monoisotopic (exact) mass is 644 g/mol. The summed E-state index contributed by atoms with van der Waals surface area (Å²) >= 11 is 6.64. The molecule has 0 saturated carbocycles. The van der Waals surface area contributed by atoms with Gasteiger partial charge < -0.3 is 14.2 Å². The lowest BCUT2D eigenvalue weighted by molar-refractivity contribution is -0.405. The van der Waals surface area contributed by atoms with E-state index in [0.717, 1.165) is 0 Å². The number of likely N-dealkylation sites (N-methyl/N-ethyl adjacent to an activating group) is 1. The topological polar surface area (TPSA) is 160 Å². The normalized spacial score (nSPS) is 13.6. The SMILES string of the molecule is COc1c(C)cc(C(Oc2c([N+](=O)[O-])cc([N+](=O)[O-])cc2[N+](=O)[O-])(c2cc(Cl)cc(C)c2OC)C(C)N(C)C(C)(C)C)cc1C. The Kier molecular flexibility index (Phi) is 10.00. The Morgan fingerprint density at radius 2 is 1.22 bits per heavy atom. The van der Waals surface area contributed by atoms with E-state index >= 15 is 0 Å². The number of benzene rings is 3. The molecular weight excluding hydrogens is 608 g/mol. The Morgan fingerprint density at radius 3 is 1.62 bits per heavy atom. The van der Waals surface area contributed by atoms with Crippen LogP contribution in [-0.2, 0) is 5.60 Å². The van der Waals surface area contributed by atoms with E-state index in [2.05, 4.69) is 0 Å². The first-order valence-electron chi connectivity index (χ1n) is 13.8. The predicted octanol–water partition coefficient (Wildman–Crippen LogP) is 7.45. The Labute approximate surface area is 266 Å². The summed E-state index contributed by atoms with van der Waals surface area (Å²) in [4.78, 5) is 35.6. The second-order valence-electron chi connectivity index (χ2n) is 11.8. The number of nitrogens with zero attached hydrogens (tertiary/aromatic N) is 4. The lowest BCUT2D eigenvalue weighted by Crippen LogP contribution is -2.57. The van der Waals surface area contributed by atoms with Gasteiger partial charge >= 0.3 is 11.4 Å². The molecule has 0 aromatic heterocycles.